The molecule has 0 heterocycles. The maximum Gasteiger partial charge on any atom is 0.303 e. The Kier molecular flexibility index (Phi) is 6.01. The van der Waals surface area contributed by atoms with Crippen LogP contribution in [0.2, 0.25) is 0 Å². The third kappa shape index (κ3) is 4.52. The summed E-state index contributed by atoms with van der Waals surface area (Å²) in [5, 5.41) is 8.72. The molecule has 20 heavy (non-hydrogen) atoms. The maximum absolute atomic E-state index is 11.5. The Morgan fingerprint density at radius 3 is 2.55 bits per heavy atom. The molecule has 0 bridgehead atoms. The van der Waals surface area contributed by atoms with E-state index in [9.17, 15) is 9.59 Å². The summed E-state index contributed by atoms with van der Waals surface area (Å²) < 4.78 is 0.849. The number of primary amides is 1. The number of hydrogen-bond donors (Lipinski definition) is 2. The van der Waals surface area contributed by atoms with Crippen LogP contribution in [0.15, 0.2) is 22.7 Å². The van der Waals surface area contributed by atoms with Crippen LogP contribution in [0.5, 0.6) is 0 Å². The lowest BCUT2D eigenvalue weighted by Crippen LogP contribution is -2.34. The minimum atomic E-state index is -0.821. The van der Waals surface area contributed by atoms with Crippen LogP contribution < -0.4 is 10.6 Å². The van der Waals surface area contributed by atoms with Gasteiger partial charge in [-0.25, -0.2) is 0 Å². The molecule has 6 heteroatoms. The number of carbonyl (C=O) groups is 2. The molecule has 0 aliphatic rings. The number of carbonyl (C=O) groups excluding carboxylic acids is 1. The molecule has 0 unspecified atom stereocenters. The summed E-state index contributed by atoms with van der Waals surface area (Å²) in [6.07, 6.45) is 0.612. The number of nitrogens with zero attached hydrogens (tertiary/aromatic N) is 1. The minimum absolute atomic E-state index is 0.100. The third-order valence-electron chi connectivity index (χ3n) is 2.95. The quantitative estimate of drug-likeness (QED) is 0.797. The van der Waals surface area contributed by atoms with E-state index in [0.717, 1.165) is 10.2 Å². The van der Waals surface area contributed by atoms with Gasteiger partial charge in [0.2, 0.25) is 0 Å². The highest BCUT2D eigenvalue weighted by molar-refractivity contribution is 9.10. The second kappa shape index (κ2) is 7.28. The zero-order valence-corrected chi connectivity index (χ0v) is 13.2. The maximum atomic E-state index is 11.5. The molecule has 0 saturated carbocycles. The highest BCUT2D eigenvalue weighted by atomic mass is 79.9. The molecule has 0 aliphatic heterocycles. The summed E-state index contributed by atoms with van der Waals surface area (Å²) >= 11 is 3.38. The van der Waals surface area contributed by atoms with E-state index in [1.807, 2.05) is 24.8 Å². The molecule has 3 N–H and O–H groups in total. The van der Waals surface area contributed by atoms with Crippen molar-refractivity contribution in [3.63, 3.8) is 0 Å². The fraction of sp³-hybridized carbons (Fsp3) is 0.429. The van der Waals surface area contributed by atoms with Crippen LogP contribution in [0.1, 0.15) is 37.0 Å². The van der Waals surface area contributed by atoms with Gasteiger partial charge in [-0.15, -0.1) is 0 Å². The van der Waals surface area contributed by atoms with E-state index in [4.69, 9.17) is 10.8 Å². The molecule has 5 nitrogen and oxygen atoms in total. The van der Waals surface area contributed by atoms with Gasteiger partial charge in [-0.1, -0.05) is 15.9 Å². The summed E-state index contributed by atoms with van der Waals surface area (Å²) in [6.45, 7) is 4.54. The summed E-state index contributed by atoms with van der Waals surface area (Å²) in [4.78, 5) is 24.1. The molecule has 0 saturated heterocycles. The van der Waals surface area contributed by atoms with Gasteiger partial charge in [0.05, 0.1) is 11.3 Å². The predicted octanol–water partition coefficient (Wildman–Crippen LogP) is 2.63. The van der Waals surface area contributed by atoms with E-state index in [1.54, 1.807) is 12.1 Å². The van der Waals surface area contributed by atoms with Gasteiger partial charge < -0.3 is 15.7 Å². The van der Waals surface area contributed by atoms with Crippen molar-refractivity contribution in [2.24, 2.45) is 5.73 Å². The second-order valence-electron chi connectivity index (χ2n) is 4.81. The smallest absolute Gasteiger partial charge is 0.303 e. The Bertz CT molecular complexity index is 503. The number of carboxylic acid groups (broad SMARTS) is 1. The van der Waals surface area contributed by atoms with Crippen LogP contribution >= 0.6 is 15.9 Å². The molecule has 0 fully saturated rings. The van der Waals surface area contributed by atoms with Crippen LogP contribution in [-0.4, -0.2) is 29.6 Å². The number of carboxylic acids is 1. The van der Waals surface area contributed by atoms with Crippen molar-refractivity contribution in [3.05, 3.63) is 28.2 Å². The minimum Gasteiger partial charge on any atom is -0.481 e. The topological polar surface area (TPSA) is 83.6 Å². The van der Waals surface area contributed by atoms with Crippen LogP contribution in [-0.2, 0) is 4.79 Å². The van der Waals surface area contributed by atoms with Crippen molar-refractivity contribution in [1.29, 1.82) is 0 Å². The number of aliphatic carboxylic acids is 1. The number of rotatable bonds is 7. The number of amides is 1. The highest BCUT2D eigenvalue weighted by Crippen LogP contribution is 2.27. The lowest BCUT2D eigenvalue weighted by atomic mass is 10.1. The Morgan fingerprint density at radius 2 is 2.05 bits per heavy atom. The van der Waals surface area contributed by atoms with Crippen LogP contribution in [0.3, 0.4) is 0 Å². The Morgan fingerprint density at radius 1 is 1.40 bits per heavy atom. The van der Waals surface area contributed by atoms with Gasteiger partial charge in [0.15, 0.2) is 0 Å². The van der Waals surface area contributed by atoms with Gasteiger partial charge in [0.25, 0.3) is 5.91 Å². The van der Waals surface area contributed by atoms with Crippen molar-refractivity contribution in [2.45, 2.75) is 32.7 Å². The van der Waals surface area contributed by atoms with Gasteiger partial charge in [0.1, 0.15) is 0 Å². The molecule has 1 rings (SSSR count). The number of hydrogen-bond acceptors (Lipinski definition) is 3. The van der Waals surface area contributed by atoms with Gasteiger partial charge >= 0.3 is 5.97 Å². The van der Waals surface area contributed by atoms with E-state index in [2.05, 4.69) is 15.9 Å². The normalized spacial score (nSPS) is 10.6. The molecule has 0 spiro atoms. The van der Waals surface area contributed by atoms with Crippen LogP contribution in [0.4, 0.5) is 5.69 Å². The lowest BCUT2D eigenvalue weighted by molar-refractivity contribution is -0.137. The summed E-state index contributed by atoms with van der Waals surface area (Å²) in [7, 11) is 0. The molecular formula is C14H19BrN2O3. The zero-order chi connectivity index (χ0) is 15.3. The van der Waals surface area contributed by atoms with Crippen molar-refractivity contribution in [1.82, 2.24) is 0 Å². The molecule has 1 aromatic rings. The molecule has 0 atom stereocenters. The Balaban J connectivity index is 3.04. The standard InChI is InChI=1S/C14H19BrN2O3/c1-9(2)17(7-3-4-13(18)19)12-8-10(15)5-6-11(12)14(16)20/h5-6,8-9H,3-4,7H2,1-2H3,(H2,16,20)(H,18,19). The fourth-order valence-electron chi connectivity index (χ4n) is 2.01. The average Bonchev–Trinajstić information content (AvgIpc) is 2.33. The highest BCUT2D eigenvalue weighted by Gasteiger charge is 2.18. The zero-order valence-electron chi connectivity index (χ0n) is 11.6. The Labute approximate surface area is 126 Å². The lowest BCUT2D eigenvalue weighted by Gasteiger charge is -2.30. The molecule has 110 valence electrons. The molecule has 1 aromatic carbocycles. The van der Waals surface area contributed by atoms with Gasteiger partial charge in [-0.2, -0.15) is 0 Å². The average molecular weight is 343 g/mol. The SMILES string of the molecule is CC(C)N(CCCC(=O)O)c1cc(Br)ccc1C(N)=O. The van der Waals surface area contributed by atoms with Crippen molar-refractivity contribution in [2.75, 3.05) is 11.4 Å². The molecule has 0 aromatic heterocycles. The van der Waals surface area contributed by atoms with E-state index < -0.39 is 11.9 Å². The summed E-state index contributed by atoms with van der Waals surface area (Å²) in [5.41, 5.74) is 6.58. The molecule has 0 radical (unpaired) electrons. The van der Waals surface area contributed by atoms with E-state index >= 15 is 0 Å². The van der Waals surface area contributed by atoms with Crippen molar-refractivity contribution < 1.29 is 14.7 Å². The van der Waals surface area contributed by atoms with Crippen molar-refractivity contribution >= 4 is 33.5 Å². The summed E-state index contributed by atoms with van der Waals surface area (Å²) in [5.74, 6) is -1.31. The van der Waals surface area contributed by atoms with E-state index in [0.29, 0.717) is 18.5 Å². The first-order valence-corrected chi connectivity index (χ1v) is 7.20. The van der Waals surface area contributed by atoms with Crippen LogP contribution in [0, 0.1) is 0 Å². The number of anilines is 1. The monoisotopic (exact) mass is 342 g/mol. The van der Waals surface area contributed by atoms with Crippen LogP contribution in [0.25, 0.3) is 0 Å². The van der Waals surface area contributed by atoms with Gasteiger partial charge in [-0.05, 0) is 38.5 Å². The largest absolute Gasteiger partial charge is 0.481 e. The number of nitrogens with two attached hydrogens (primary N) is 1. The molecular weight excluding hydrogens is 324 g/mol. The molecule has 1 amide bonds. The van der Waals surface area contributed by atoms with E-state index in [-0.39, 0.29) is 12.5 Å². The second-order valence-corrected chi connectivity index (χ2v) is 5.73. The predicted molar refractivity (Wildman–Crippen MR) is 82.0 cm³/mol. The number of benzene rings is 1. The number of halogens is 1. The third-order valence-corrected chi connectivity index (χ3v) is 3.44. The van der Waals surface area contributed by atoms with Gasteiger partial charge in [-0.3, -0.25) is 9.59 Å². The van der Waals surface area contributed by atoms with E-state index in [1.165, 1.54) is 0 Å². The van der Waals surface area contributed by atoms with Crippen molar-refractivity contribution in [3.8, 4) is 0 Å². The first kappa shape index (κ1) is 16.5. The fourth-order valence-corrected chi connectivity index (χ4v) is 2.36. The molecule has 0 aliphatic carbocycles. The Hall–Kier alpha value is -1.56. The summed E-state index contributed by atoms with van der Waals surface area (Å²) in [6, 6.07) is 5.41. The first-order chi connectivity index (χ1) is 9.32. The first-order valence-electron chi connectivity index (χ1n) is 6.40. The van der Waals surface area contributed by atoms with Gasteiger partial charge in [0, 0.05) is 23.5 Å².